The molecule has 108 valence electrons. The zero-order chi connectivity index (χ0) is 14.7. The molecule has 1 aromatic carbocycles. The highest BCUT2D eigenvalue weighted by molar-refractivity contribution is 6.35. The SMILES string of the molecule is CCOCCn1c([C@H](C)N)nc2cccc(Cl)c2c1=O. The summed E-state index contributed by atoms with van der Waals surface area (Å²) >= 11 is 6.11. The van der Waals surface area contributed by atoms with Crippen LogP contribution in [0.5, 0.6) is 0 Å². The van der Waals surface area contributed by atoms with E-state index >= 15 is 0 Å². The average molecular weight is 296 g/mol. The molecule has 0 saturated heterocycles. The molecule has 0 saturated carbocycles. The maximum Gasteiger partial charge on any atom is 0.263 e. The minimum absolute atomic E-state index is 0.174. The summed E-state index contributed by atoms with van der Waals surface area (Å²) in [5.74, 6) is 0.546. The lowest BCUT2D eigenvalue weighted by Crippen LogP contribution is -2.30. The monoisotopic (exact) mass is 295 g/mol. The van der Waals surface area contributed by atoms with Crippen molar-refractivity contribution in [3.8, 4) is 0 Å². The molecule has 5 nitrogen and oxygen atoms in total. The van der Waals surface area contributed by atoms with Crippen molar-refractivity contribution in [2.45, 2.75) is 26.4 Å². The van der Waals surface area contributed by atoms with E-state index in [9.17, 15) is 4.79 Å². The number of hydrogen-bond acceptors (Lipinski definition) is 4. The molecule has 6 heteroatoms. The van der Waals surface area contributed by atoms with Crippen molar-refractivity contribution >= 4 is 22.5 Å². The van der Waals surface area contributed by atoms with Crippen molar-refractivity contribution in [3.05, 3.63) is 39.4 Å². The highest BCUT2D eigenvalue weighted by Crippen LogP contribution is 2.20. The van der Waals surface area contributed by atoms with Crippen molar-refractivity contribution in [2.75, 3.05) is 13.2 Å². The Morgan fingerprint density at radius 1 is 1.50 bits per heavy atom. The van der Waals surface area contributed by atoms with Gasteiger partial charge < -0.3 is 10.5 Å². The van der Waals surface area contributed by atoms with Gasteiger partial charge in [0.2, 0.25) is 0 Å². The zero-order valence-corrected chi connectivity index (χ0v) is 12.4. The minimum Gasteiger partial charge on any atom is -0.380 e. The van der Waals surface area contributed by atoms with Crippen molar-refractivity contribution in [2.24, 2.45) is 5.73 Å². The number of rotatable bonds is 5. The summed E-state index contributed by atoms with van der Waals surface area (Å²) in [4.78, 5) is 17.1. The standard InChI is InChI=1S/C14H18ClN3O2/c1-3-20-8-7-18-13(9(2)16)17-11-6-4-5-10(15)12(11)14(18)19/h4-6,9H,3,7-8,16H2,1-2H3/t9-/m0/s1. The van der Waals surface area contributed by atoms with E-state index in [0.717, 1.165) is 0 Å². The van der Waals surface area contributed by atoms with Gasteiger partial charge >= 0.3 is 0 Å². The summed E-state index contributed by atoms with van der Waals surface area (Å²) in [6, 6.07) is 4.88. The smallest absolute Gasteiger partial charge is 0.263 e. The van der Waals surface area contributed by atoms with Crippen molar-refractivity contribution in [1.82, 2.24) is 9.55 Å². The first-order valence-electron chi connectivity index (χ1n) is 6.58. The third-order valence-corrected chi connectivity index (χ3v) is 3.35. The Balaban J connectivity index is 2.63. The Morgan fingerprint density at radius 3 is 2.90 bits per heavy atom. The summed E-state index contributed by atoms with van der Waals surface area (Å²) in [7, 11) is 0. The van der Waals surface area contributed by atoms with Gasteiger partial charge in [-0.2, -0.15) is 0 Å². The van der Waals surface area contributed by atoms with Gasteiger partial charge in [0.05, 0.1) is 35.1 Å². The third kappa shape index (κ3) is 2.85. The average Bonchev–Trinajstić information content (AvgIpc) is 2.40. The molecular weight excluding hydrogens is 278 g/mol. The Morgan fingerprint density at radius 2 is 2.25 bits per heavy atom. The molecule has 0 aliphatic rings. The Hall–Kier alpha value is -1.43. The second-order valence-electron chi connectivity index (χ2n) is 4.55. The predicted octanol–water partition coefficient (Wildman–Crippen LogP) is 2.11. The van der Waals surface area contributed by atoms with Gasteiger partial charge in [0.1, 0.15) is 5.82 Å². The second-order valence-corrected chi connectivity index (χ2v) is 4.95. The first-order valence-corrected chi connectivity index (χ1v) is 6.96. The van der Waals surface area contributed by atoms with E-state index in [1.54, 1.807) is 29.7 Å². The maximum absolute atomic E-state index is 12.6. The number of fused-ring (bicyclic) bond motifs is 1. The molecule has 20 heavy (non-hydrogen) atoms. The van der Waals surface area contributed by atoms with Crippen LogP contribution in [0.15, 0.2) is 23.0 Å². The van der Waals surface area contributed by atoms with Gasteiger partial charge in [0.25, 0.3) is 5.56 Å². The molecule has 1 atom stereocenters. The van der Waals surface area contributed by atoms with Crippen molar-refractivity contribution in [1.29, 1.82) is 0 Å². The molecule has 0 unspecified atom stereocenters. The normalized spacial score (nSPS) is 12.8. The summed E-state index contributed by atoms with van der Waals surface area (Å²) in [5, 5.41) is 0.830. The largest absolute Gasteiger partial charge is 0.380 e. The molecular formula is C14H18ClN3O2. The first-order chi connectivity index (χ1) is 9.56. The topological polar surface area (TPSA) is 70.1 Å². The summed E-state index contributed by atoms with van der Waals surface area (Å²) < 4.78 is 6.86. The van der Waals surface area contributed by atoms with Crippen molar-refractivity contribution < 1.29 is 4.74 Å². The fourth-order valence-corrected chi connectivity index (χ4v) is 2.35. The van der Waals surface area contributed by atoms with Crippen LogP contribution in [0.1, 0.15) is 25.7 Å². The van der Waals surface area contributed by atoms with Crippen LogP contribution in [0.2, 0.25) is 5.02 Å². The molecule has 1 aromatic heterocycles. The van der Waals surface area contributed by atoms with Gasteiger partial charge in [-0.3, -0.25) is 9.36 Å². The molecule has 0 radical (unpaired) electrons. The number of hydrogen-bond donors (Lipinski definition) is 1. The van der Waals surface area contributed by atoms with Crippen LogP contribution in [-0.2, 0) is 11.3 Å². The van der Waals surface area contributed by atoms with Gasteiger partial charge in [-0.25, -0.2) is 4.98 Å². The first kappa shape index (κ1) is 15.0. The highest BCUT2D eigenvalue weighted by atomic mass is 35.5. The second kappa shape index (κ2) is 6.35. The highest BCUT2D eigenvalue weighted by Gasteiger charge is 2.15. The molecule has 0 spiro atoms. The van der Waals surface area contributed by atoms with Crippen LogP contribution < -0.4 is 11.3 Å². The predicted molar refractivity (Wildman–Crippen MR) is 80.1 cm³/mol. The molecule has 0 aliphatic carbocycles. The van der Waals surface area contributed by atoms with Crippen LogP contribution in [0.25, 0.3) is 10.9 Å². The lowest BCUT2D eigenvalue weighted by atomic mass is 10.2. The summed E-state index contributed by atoms with van der Waals surface area (Å²) in [6.45, 7) is 5.16. The minimum atomic E-state index is -0.340. The molecule has 2 aromatic rings. The Kier molecular flexibility index (Phi) is 4.75. The molecule has 1 heterocycles. The number of nitrogens with two attached hydrogens (primary N) is 1. The zero-order valence-electron chi connectivity index (χ0n) is 11.6. The number of nitrogens with zero attached hydrogens (tertiary/aromatic N) is 2. The Labute approximate surface area is 122 Å². The van der Waals surface area contributed by atoms with E-state index in [-0.39, 0.29) is 11.6 Å². The van der Waals surface area contributed by atoms with Crippen LogP contribution in [0, 0.1) is 0 Å². The number of benzene rings is 1. The van der Waals surface area contributed by atoms with Gasteiger partial charge in [-0.05, 0) is 26.0 Å². The van der Waals surface area contributed by atoms with Crippen LogP contribution in [0.4, 0.5) is 0 Å². The van der Waals surface area contributed by atoms with E-state index in [4.69, 9.17) is 22.1 Å². The van der Waals surface area contributed by atoms with Crippen LogP contribution >= 0.6 is 11.6 Å². The third-order valence-electron chi connectivity index (χ3n) is 3.03. The number of halogens is 1. The van der Waals surface area contributed by atoms with Gasteiger partial charge in [-0.1, -0.05) is 17.7 Å². The lowest BCUT2D eigenvalue weighted by Gasteiger charge is -2.16. The van der Waals surface area contributed by atoms with Crippen LogP contribution in [0.3, 0.4) is 0 Å². The fraction of sp³-hybridized carbons (Fsp3) is 0.429. The quantitative estimate of drug-likeness (QED) is 0.858. The lowest BCUT2D eigenvalue weighted by molar-refractivity contribution is 0.137. The number of ether oxygens (including phenoxy) is 1. The molecule has 2 rings (SSSR count). The van der Waals surface area contributed by atoms with E-state index in [1.165, 1.54) is 0 Å². The van der Waals surface area contributed by atoms with E-state index in [2.05, 4.69) is 4.98 Å². The van der Waals surface area contributed by atoms with Gasteiger partial charge in [0, 0.05) is 6.61 Å². The molecule has 0 fully saturated rings. The van der Waals surface area contributed by atoms with Gasteiger partial charge in [0.15, 0.2) is 0 Å². The maximum atomic E-state index is 12.6. The molecule has 0 amide bonds. The molecule has 0 bridgehead atoms. The van der Waals surface area contributed by atoms with Gasteiger partial charge in [-0.15, -0.1) is 0 Å². The molecule has 2 N–H and O–H groups in total. The van der Waals surface area contributed by atoms with E-state index in [1.807, 2.05) is 6.92 Å². The fourth-order valence-electron chi connectivity index (χ4n) is 2.10. The molecule has 0 aliphatic heterocycles. The Bertz CT molecular complexity index is 667. The van der Waals surface area contributed by atoms with Crippen LogP contribution in [-0.4, -0.2) is 22.8 Å². The number of aromatic nitrogens is 2. The van der Waals surface area contributed by atoms with E-state index in [0.29, 0.717) is 41.5 Å². The summed E-state index contributed by atoms with van der Waals surface area (Å²) in [6.07, 6.45) is 0. The van der Waals surface area contributed by atoms with E-state index < -0.39 is 0 Å². The summed E-state index contributed by atoms with van der Waals surface area (Å²) in [5.41, 5.74) is 6.32. The van der Waals surface area contributed by atoms with Crippen molar-refractivity contribution in [3.63, 3.8) is 0 Å².